The molecular formula is C14H23NS. The van der Waals surface area contributed by atoms with E-state index in [0.29, 0.717) is 0 Å². The molecule has 16 heavy (non-hydrogen) atoms. The Balaban J connectivity index is 2.76. The highest BCUT2D eigenvalue weighted by atomic mass is 32.2. The van der Waals surface area contributed by atoms with Gasteiger partial charge < -0.3 is 5.32 Å². The Morgan fingerprint density at radius 2 is 1.94 bits per heavy atom. The summed E-state index contributed by atoms with van der Waals surface area (Å²) in [5.74, 6) is 1.13. The SMILES string of the molecule is CNCCSc1ccc(C(C)(C)C)cc1C. The van der Waals surface area contributed by atoms with E-state index in [2.05, 4.69) is 51.2 Å². The second-order valence-electron chi connectivity index (χ2n) is 5.18. The van der Waals surface area contributed by atoms with Crippen molar-refractivity contribution in [3.8, 4) is 0 Å². The van der Waals surface area contributed by atoms with Gasteiger partial charge in [-0.3, -0.25) is 0 Å². The molecule has 0 radical (unpaired) electrons. The van der Waals surface area contributed by atoms with Gasteiger partial charge in [-0.05, 0) is 36.6 Å². The third kappa shape index (κ3) is 3.84. The maximum absolute atomic E-state index is 3.17. The highest BCUT2D eigenvalue weighted by Crippen LogP contribution is 2.28. The highest BCUT2D eigenvalue weighted by molar-refractivity contribution is 7.99. The van der Waals surface area contributed by atoms with E-state index < -0.39 is 0 Å². The average Bonchev–Trinajstić information content (AvgIpc) is 2.19. The molecule has 0 unspecified atom stereocenters. The number of thioether (sulfide) groups is 1. The number of nitrogens with one attached hydrogen (secondary N) is 1. The van der Waals surface area contributed by atoms with E-state index in [1.54, 1.807) is 0 Å². The summed E-state index contributed by atoms with van der Waals surface area (Å²) in [7, 11) is 2.00. The van der Waals surface area contributed by atoms with Crippen molar-refractivity contribution in [3.05, 3.63) is 29.3 Å². The molecule has 1 aromatic carbocycles. The summed E-state index contributed by atoms with van der Waals surface area (Å²) in [5.41, 5.74) is 3.07. The van der Waals surface area contributed by atoms with Gasteiger partial charge in [0.05, 0.1) is 0 Å². The average molecular weight is 237 g/mol. The Hall–Kier alpha value is -0.470. The van der Waals surface area contributed by atoms with E-state index in [-0.39, 0.29) is 5.41 Å². The van der Waals surface area contributed by atoms with Crippen LogP contribution in [0.15, 0.2) is 23.1 Å². The molecule has 0 aliphatic rings. The fraction of sp³-hybridized carbons (Fsp3) is 0.571. The molecule has 90 valence electrons. The predicted molar refractivity (Wildman–Crippen MR) is 74.5 cm³/mol. The standard InChI is InChI=1S/C14H23NS/c1-11-10-12(14(2,3)4)6-7-13(11)16-9-8-15-5/h6-7,10,15H,8-9H2,1-5H3. The lowest BCUT2D eigenvalue weighted by atomic mass is 9.86. The van der Waals surface area contributed by atoms with Crippen LogP contribution in [0, 0.1) is 6.92 Å². The maximum atomic E-state index is 3.17. The third-order valence-electron chi connectivity index (χ3n) is 2.65. The minimum absolute atomic E-state index is 0.249. The molecule has 0 saturated carbocycles. The summed E-state index contributed by atoms with van der Waals surface area (Å²) in [6.07, 6.45) is 0. The maximum Gasteiger partial charge on any atom is 0.0105 e. The van der Waals surface area contributed by atoms with E-state index in [0.717, 1.165) is 12.3 Å². The molecule has 0 aromatic heterocycles. The summed E-state index contributed by atoms with van der Waals surface area (Å²) in [6, 6.07) is 6.84. The number of benzene rings is 1. The van der Waals surface area contributed by atoms with Crippen LogP contribution in [0.5, 0.6) is 0 Å². The largest absolute Gasteiger partial charge is 0.319 e. The zero-order valence-electron chi connectivity index (χ0n) is 11.1. The van der Waals surface area contributed by atoms with Crippen LogP contribution in [0.25, 0.3) is 0 Å². The third-order valence-corrected chi connectivity index (χ3v) is 3.83. The quantitative estimate of drug-likeness (QED) is 0.634. The van der Waals surface area contributed by atoms with Gasteiger partial charge in [0.15, 0.2) is 0 Å². The van der Waals surface area contributed by atoms with Crippen LogP contribution in [0.3, 0.4) is 0 Å². The van der Waals surface area contributed by atoms with Gasteiger partial charge in [-0.2, -0.15) is 0 Å². The van der Waals surface area contributed by atoms with Crippen LogP contribution in [0.1, 0.15) is 31.9 Å². The van der Waals surface area contributed by atoms with Crippen molar-refractivity contribution in [1.29, 1.82) is 0 Å². The predicted octanol–water partition coefficient (Wildman–Crippen LogP) is 3.60. The minimum Gasteiger partial charge on any atom is -0.319 e. The van der Waals surface area contributed by atoms with Gasteiger partial charge in [0.25, 0.3) is 0 Å². The van der Waals surface area contributed by atoms with Crippen LogP contribution in [0.2, 0.25) is 0 Å². The lowest BCUT2D eigenvalue weighted by molar-refractivity contribution is 0.589. The van der Waals surface area contributed by atoms with Crippen molar-refractivity contribution in [2.75, 3.05) is 19.3 Å². The Morgan fingerprint density at radius 1 is 1.25 bits per heavy atom. The Labute approximate surface area is 104 Å². The summed E-state index contributed by atoms with van der Waals surface area (Å²) in [4.78, 5) is 1.41. The molecule has 1 aromatic rings. The second-order valence-corrected chi connectivity index (χ2v) is 6.32. The first kappa shape index (κ1) is 13.6. The lowest BCUT2D eigenvalue weighted by Crippen LogP contribution is -2.11. The fourth-order valence-electron chi connectivity index (χ4n) is 1.54. The van der Waals surface area contributed by atoms with Gasteiger partial charge in [-0.1, -0.05) is 32.9 Å². The Bertz CT molecular complexity index is 339. The molecule has 1 rings (SSSR count). The molecule has 1 nitrogen and oxygen atoms in total. The molecule has 0 bridgehead atoms. The second kappa shape index (κ2) is 5.74. The van der Waals surface area contributed by atoms with Crippen molar-refractivity contribution in [2.45, 2.75) is 38.0 Å². The Morgan fingerprint density at radius 3 is 2.44 bits per heavy atom. The van der Waals surface area contributed by atoms with E-state index in [4.69, 9.17) is 0 Å². The van der Waals surface area contributed by atoms with Gasteiger partial charge >= 0.3 is 0 Å². The number of aryl methyl sites for hydroxylation is 1. The molecule has 0 heterocycles. The summed E-state index contributed by atoms with van der Waals surface area (Å²) >= 11 is 1.93. The van der Waals surface area contributed by atoms with Gasteiger partial charge in [-0.25, -0.2) is 0 Å². The first-order valence-corrected chi connectivity index (χ1v) is 6.82. The molecule has 0 atom stereocenters. The first-order chi connectivity index (χ1) is 7.45. The normalized spacial score (nSPS) is 11.8. The molecule has 0 amide bonds. The van der Waals surface area contributed by atoms with Crippen molar-refractivity contribution < 1.29 is 0 Å². The van der Waals surface area contributed by atoms with Gasteiger partial charge in [0.1, 0.15) is 0 Å². The molecular weight excluding hydrogens is 214 g/mol. The number of hydrogen-bond donors (Lipinski definition) is 1. The van der Waals surface area contributed by atoms with Gasteiger partial charge in [0, 0.05) is 17.2 Å². The van der Waals surface area contributed by atoms with Crippen molar-refractivity contribution in [3.63, 3.8) is 0 Å². The van der Waals surface area contributed by atoms with Gasteiger partial charge in [-0.15, -0.1) is 11.8 Å². The molecule has 0 saturated heterocycles. The van der Waals surface area contributed by atoms with E-state index >= 15 is 0 Å². The molecule has 0 fully saturated rings. The van der Waals surface area contributed by atoms with E-state index in [1.165, 1.54) is 16.0 Å². The summed E-state index contributed by atoms with van der Waals surface area (Å²) in [6.45, 7) is 10.0. The number of hydrogen-bond acceptors (Lipinski definition) is 2. The molecule has 0 aliphatic carbocycles. The van der Waals surface area contributed by atoms with Crippen LogP contribution in [-0.2, 0) is 5.41 Å². The smallest absolute Gasteiger partial charge is 0.0105 e. The van der Waals surface area contributed by atoms with Crippen LogP contribution < -0.4 is 5.32 Å². The minimum atomic E-state index is 0.249. The highest BCUT2D eigenvalue weighted by Gasteiger charge is 2.14. The van der Waals surface area contributed by atoms with Crippen molar-refractivity contribution >= 4 is 11.8 Å². The van der Waals surface area contributed by atoms with Crippen LogP contribution >= 0.6 is 11.8 Å². The fourth-order valence-corrected chi connectivity index (χ4v) is 2.52. The zero-order valence-corrected chi connectivity index (χ0v) is 11.9. The Kier molecular flexibility index (Phi) is 4.88. The first-order valence-electron chi connectivity index (χ1n) is 5.83. The molecule has 2 heteroatoms. The van der Waals surface area contributed by atoms with E-state index in [9.17, 15) is 0 Å². The topological polar surface area (TPSA) is 12.0 Å². The summed E-state index contributed by atoms with van der Waals surface area (Å²) < 4.78 is 0. The number of rotatable bonds is 4. The molecule has 0 aliphatic heterocycles. The van der Waals surface area contributed by atoms with Gasteiger partial charge in [0.2, 0.25) is 0 Å². The van der Waals surface area contributed by atoms with Crippen molar-refractivity contribution in [2.24, 2.45) is 0 Å². The zero-order chi connectivity index (χ0) is 12.2. The van der Waals surface area contributed by atoms with Crippen LogP contribution in [0.4, 0.5) is 0 Å². The van der Waals surface area contributed by atoms with Crippen LogP contribution in [-0.4, -0.2) is 19.3 Å². The molecule has 0 spiro atoms. The van der Waals surface area contributed by atoms with Crippen molar-refractivity contribution in [1.82, 2.24) is 5.32 Å². The lowest BCUT2D eigenvalue weighted by Gasteiger charge is -2.20. The summed E-state index contributed by atoms with van der Waals surface area (Å²) in [5, 5.41) is 3.17. The monoisotopic (exact) mass is 237 g/mol. The van der Waals surface area contributed by atoms with E-state index in [1.807, 2.05) is 18.8 Å². The molecule has 1 N–H and O–H groups in total.